The summed E-state index contributed by atoms with van der Waals surface area (Å²) in [5.41, 5.74) is 4.11. The molecule has 6 rings (SSSR count). The number of nitrogens with zero attached hydrogens (tertiary/aromatic N) is 1. The van der Waals surface area contributed by atoms with Crippen molar-refractivity contribution >= 4 is 23.4 Å². The summed E-state index contributed by atoms with van der Waals surface area (Å²) >= 11 is 0. The molecule has 2 fully saturated rings. The molecule has 0 aromatic heterocycles. The number of fused-ring (bicyclic) bond motifs is 4. The lowest BCUT2D eigenvalue weighted by Gasteiger charge is -2.29. The van der Waals surface area contributed by atoms with E-state index in [1.807, 2.05) is 68.4 Å². The first kappa shape index (κ1) is 23.4. The van der Waals surface area contributed by atoms with Crippen LogP contribution in [0.15, 0.2) is 66.7 Å². The molecule has 3 heterocycles. The number of phenols is 1. The highest BCUT2D eigenvalue weighted by Gasteiger charge is 2.70. The molecule has 0 unspecified atom stereocenters. The Balaban J connectivity index is 1.41. The molecule has 1 spiro atoms. The van der Waals surface area contributed by atoms with E-state index in [1.54, 1.807) is 12.1 Å². The van der Waals surface area contributed by atoms with E-state index in [0.29, 0.717) is 12.8 Å². The lowest BCUT2D eigenvalue weighted by atomic mass is 9.75. The molecule has 0 radical (unpaired) electrons. The van der Waals surface area contributed by atoms with Gasteiger partial charge in [0.25, 0.3) is 0 Å². The number of likely N-dealkylation sites (tertiary alicyclic amines) is 1. The Labute approximate surface area is 215 Å². The largest absolute Gasteiger partial charge is 0.508 e. The molecule has 7 nitrogen and oxygen atoms in total. The molecule has 188 valence electrons. The van der Waals surface area contributed by atoms with Crippen molar-refractivity contribution in [2.75, 3.05) is 11.9 Å². The summed E-state index contributed by atoms with van der Waals surface area (Å²) in [6.07, 6.45) is 1.00. The van der Waals surface area contributed by atoms with Gasteiger partial charge in [0.05, 0.1) is 11.8 Å². The summed E-state index contributed by atoms with van der Waals surface area (Å²) in [4.78, 5) is 42.9. The fourth-order valence-corrected chi connectivity index (χ4v) is 6.35. The third kappa shape index (κ3) is 3.49. The number of benzene rings is 3. The summed E-state index contributed by atoms with van der Waals surface area (Å²) in [6, 6.07) is 20.1. The molecule has 37 heavy (non-hydrogen) atoms. The van der Waals surface area contributed by atoms with Crippen LogP contribution in [0.3, 0.4) is 0 Å². The molecular weight excluding hydrogens is 466 g/mol. The van der Waals surface area contributed by atoms with Crippen molar-refractivity contribution in [1.82, 2.24) is 10.2 Å². The van der Waals surface area contributed by atoms with E-state index in [2.05, 4.69) is 10.6 Å². The van der Waals surface area contributed by atoms with Crippen LogP contribution in [0, 0.1) is 25.7 Å². The van der Waals surface area contributed by atoms with Crippen molar-refractivity contribution in [3.63, 3.8) is 0 Å². The Morgan fingerprint density at radius 1 is 0.892 bits per heavy atom. The van der Waals surface area contributed by atoms with Crippen LogP contribution < -0.4 is 10.6 Å². The monoisotopic (exact) mass is 495 g/mol. The van der Waals surface area contributed by atoms with Gasteiger partial charge in [0.2, 0.25) is 17.7 Å². The number of carbonyl (C=O) groups is 3. The zero-order valence-corrected chi connectivity index (χ0v) is 20.8. The average Bonchev–Trinajstić information content (AvgIpc) is 3.47. The fraction of sp³-hybridized carbons (Fsp3) is 0.300. The highest BCUT2D eigenvalue weighted by atomic mass is 16.3. The summed E-state index contributed by atoms with van der Waals surface area (Å²) in [5, 5.41) is 16.2. The van der Waals surface area contributed by atoms with Crippen LogP contribution in [0.5, 0.6) is 5.75 Å². The lowest BCUT2D eigenvalue weighted by molar-refractivity contribution is -0.142. The molecular formula is C30H29N3O4. The minimum absolute atomic E-state index is 0.159. The maximum absolute atomic E-state index is 14.0. The lowest BCUT2D eigenvalue weighted by Crippen LogP contribution is -2.53. The third-order valence-electron chi connectivity index (χ3n) is 8.37. The van der Waals surface area contributed by atoms with Crippen molar-refractivity contribution < 1.29 is 19.5 Å². The number of rotatable bonds is 5. The second kappa shape index (κ2) is 8.56. The van der Waals surface area contributed by atoms with Crippen molar-refractivity contribution in [3.05, 3.63) is 94.5 Å². The first-order valence-corrected chi connectivity index (χ1v) is 12.7. The summed E-state index contributed by atoms with van der Waals surface area (Å²) in [5.74, 6) is -2.16. The number of aryl methyl sites for hydroxylation is 1. The van der Waals surface area contributed by atoms with Crippen molar-refractivity contribution in [2.45, 2.75) is 38.3 Å². The summed E-state index contributed by atoms with van der Waals surface area (Å²) < 4.78 is 0. The Kier molecular flexibility index (Phi) is 5.42. The topological polar surface area (TPSA) is 98.7 Å². The van der Waals surface area contributed by atoms with Crippen LogP contribution in [0.2, 0.25) is 0 Å². The van der Waals surface area contributed by atoms with Gasteiger partial charge in [-0.25, -0.2) is 0 Å². The van der Waals surface area contributed by atoms with E-state index in [0.717, 1.165) is 33.5 Å². The third-order valence-corrected chi connectivity index (χ3v) is 8.37. The minimum Gasteiger partial charge on any atom is -0.508 e. The number of hydrogen-bond donors (Lipinski definition) is 3. The Hall–Kier alpha value is -3.97. The molecule has 3 aliphatic rings. The van der Waals surface area contributed by atoms with Crippen LogP contribution >= 0.6 is 0 Å². The SMILES string of the molecule is Cc1ccc2c(c1C)NC(=O)[C@]21N[C@@H](Cc2ccc(O)cc2)[C@H]2C(=O)N(CCc3ccccc3)C(=O)[C@@H]21. The van der Waals surface area contributed by atoms with Gasteiger partial charge in [-0.2, -0.15) is 0 Å². The molecule has 3 aliphatic heterocycles. The van der Waals surface area contributed by atoms with Crippen LogP contribution in [0.1, 0.15) is 27.8 Å². The number of amides is 3. The van der Waals surface area contributed by atoms with E-state index in [9.17, 15) is 19.5 Å². The minimum atomic E-state index is -1.31. The normalized spacial score (nSPS) is 26.1. The average molecular weight is 496 g/mol. The van der Waals surface area contributed by atoms with Gasteiger partial charge in [-0.1, -0.05) is 54.6 Å². The molecule has 3 N–H and O–H groups in total. The van der Waals surface area contributed by atoms with Crippen LogP contribution in [-0.4, -0.2) is 40.3 Å². The molecule has 7 heteroatoms. The van der Waals surface area contributed by atoms with Gasteiger partial charge in [0.1, 0.15) is 11.3 Å². The number of nitrogens with one attached hydrogen (secondary N) is 2. The van der Waals surface area contributed by atoms with Crippen molar-refractivity contribution in [2.24, 2.45) is 11.8 Å². The number of phenolic OH excluding ortho intramolecular Hbond substituents is 1. The zero-order chi connectivity index (χ0) is 25.9. The van der Waals surface area contributed by atoms with Gasteiger partial charge < -0.3 is 10.4 Å². The molecule has 0 bridgehead atoms. The molecule has 0 saturated carbocycles. The number of imide groups is 1. The summed E-state index contributed by atoms with van der Waals surface area (Å²) in [7, 11) is 0. The van der Waals surface area contributed by atoms with E-state index in [1.165, 1.54) is 4.90 Å². The van der Waals surface area contributed by atoms with Crippen molar-refractivity contribution in [1.29, 1.82) is 0 Å². The number of anilines is 1. The number of hydrogen-bond acceptors (Lipinski definition) is 5. The maximum atomic E-state index is 14.0. The maximum Gasteiger partial charge on any atom is 0.250 e. The molecule has 3 aromatic carbocycles. The Morgan fingerprint density at radius 2 is 1.62 bits per heavy atom. The van der Waals surface area contributed by atoms with E-state index in [4.69, 9.17) is 0 Å². The summed E-state index contributed by atoms with van der Waals surface area (Å²) in [6.45, 7) is 4.22. The van der Waals surface area contributed by atoms with E-state index < -0.39 is 23.4 Å². The van der Waals surface area contributed by atoms with Gasteiger partial charge in [0, 0.05) is 23.8 Å². The van der Waals surface area contributed by atoms with Crippen LogP contribution in [0.25, 0.3) is 0 Å². The highest BCUT2D eigenvalue weighted by Crippen LogP contribution is 2.54. The molecule has 3 aromatic rings. The van der Waals surface area contributed by atoms with Crippen molar-refractivity contribution in [3.8, 4) is 5.75 Å². The number of aromatic hydroxyl groups is 1. The number of carbonyl (C=O) groups excluding carboxylic acids is 3. The van der Waals surface area contributed by atoms with Gasteiger partial charge in [-0.05, 0) is 61.1 Å². The van der Waals surface area contributed by atoms with Gasteiger partial charge >= 0.3 is 0 Å². The second-order valence-corrected chi connectivity index (χ2v) is 10.4. The van der Waals surface area contributed by atoms with Crippen LogP contribution in [-0.2, 0) is 32.8 Å². The smallest absolute Gasteiger partial charge is 0.250 e. The Bertz CT molecular complexity index is 1420. The van der Waals surface area contributed by atoms with Gasteiger partial charge in [-0.15, -0.1) is 0 Å². The van der Waals surface area contributed by atoms with E-state index in [-0.39, 0.29) is 30.0 Å². The predicted octanol–water partition coefficient (Wildman–Crippen LogP) is 3.21. The van der Waals surface area contributed by atoms with Gasteiger partial charge in [0.15, 0.2) is 0 Å². The van der Waals surface area contributed by atoms with E-state index >= 15 is 0 Å². The Morgan fingerprint density at radius 3 is 2.35 bits per heavy atom. The van der Waals surface area contributed by atoms with Crippen LogP contribution in [0.4, 0.5) is 5.69 Å². The predicted molar refractivity (Wildman–Crippen MR) is 139 cm³/mol. The highest BCUT2D eigenvalue weighted by molar-refractivity contribution is 6.15. The first-order chi connectivity index (χ1) is 17.8. The second-order valence-electron chi connectivity index (χ2n) is 10.4. The molecule has 2 saturated heterocycles. The molecule has 0 aliphatic carbocycles. The zero-order valence-electron chi connectivity index (χ0n) is 20.8. The fourth-order valence-electron chi connectivity index (χ4n) is 6.35. The standard InChI is InChI=1S/C30H29N3O4/c1-17-8-13-22-26(18(17)2)31-29(37)30(22)25-24(23(32-30)16-20-9-11-21(34)12-10-20)27(35)33(28(25)36)15-14-19-6-4-3-5-7-19/h3-13,23-25,32,34H,14-16H2,1-2H3,(H,31,37)/t23-,24+,25+,30-/m0/s1. The molecule has 3 amide bonds. The first-order valence-electron chi connectivity index (χ1n) is 12.7. The quantitative estimate of drug-likeness (QED) is 0.472. The molecule has 4 atom stereocenters. The van der Waals surface area contributed by atoms with Gasteiger partial charge in [-0.3, -0.25) is 24.6 Å².